The fourth-order valence-electron chi connectivity index (χ4n) is 2.10. The van der Waals surface area contributed by atoms with Crippen LogP contribution in [0.25, 0.3) is 0 Å². The van der Waals surface area contributed by atoms with Gasteiger partial charge < -0.3 is 10.0 Å². The van der Waals surface area contributed by atoms with Crippen LogP contribution in [0.4, 0.5) is 5.82 Å². The largest absolute Gasteiger partial charge is 0.389 e. The first-order chi connectivity index (χ1) is 9.44. The molecule has 1 aromatic heterocycles. The molecule has 20 heavy (non-hydrogen) atoms. The van der Waals surface area contributed by atoms with Crippen molar-refractivity contribution in [3.05, 3.63) is 54.0 Å². The van der Waals surface area contributed by atoms with E-state index in [0.717, 1.165) is 11.5 Å². The molecular formula is C16H21N3O. The molecule has 0 atom stereocenters. The van der Waals surface area contributed by atoms with E-state index >= 15 is 0 Å². The highest BCUT2D eigenvalue weighted by atomic mass is 16.3. The van der Waals surface area contributed by atoms with Gasteiger partial charge in [0.15, 0.2) is 0 Å². The summed E-state index contributed by atoms with van der Waals surface area (Å²) in [5.41, 5.74) is 1.32. The smallest absolute Gasteiger partial charge is 0.132 e. The Morgan fingerprint density at radius 2 is 1.85 bits per heavy atom. The van der Waals surface area contributed by atoms with Crippen LogP contribution in [0.15, 0.2) is 42.7 Å². The maximum atomic E-state index is 10.1. The van der Waals surface area contributed by atoms with Gasteiger partial charge in [-0.15, -0.1) is 0 Å². The fourth-order valence-corrected chi connectivity index (χ4v) is 2.10. The molecule has 0 aliphatic heterocycles. The van der Waals surface area contributed by atoms with Crippen molar-refractivity contribution in [1.29, 1.82) is 0 Å². The van der Waals surface area contributed by atoms with E-state index in [4.69, 9.17) is 0 Å². The van der Waals surface area contributed by atoms with E-state index in [-0.39, 0.29) is 0 Å². The van der Waals surface area contributed by atoms with Crippen LogP contribution >= 0.6 is 0 Å². The van der Waals surface area contributed by atoms with Crippen LogP contribution in [0.1, 0.15) is 25.1 Å². The van der Waals surface area contributed by atoms with Crippen molar-refractivity contribution in [2.45, 2.75) is 32.9 Å². The third-order valence-electron chi connectivity index (χ3n) is 2.91. The van der Waals surface area contributed by atoms with Gasteiger partial charge in [0.05, 0.1) is 5.60 Å². The number of aromatic nitrogens is 2. The third-order valence-corrected chi connectivity index (χ3v) is 2.91. The van der Waals surface area contributed by atoms with Crippen LogP contribution in [-0.2, 0) is 6.54 Å². The molecule has 0 spiro atoms. The highest BCUT2D eigenvalue weighted by Crippen LogP contribution is 2.18. The molecule has 4 nitrogen and oxygen atoms in total. The van der Waals surface area contributed by atoms with E-state index in [1.165, 1.54) is 5.56 Å². The van der Waals surface area contributed by atoms with Crippen LogP contribution in [0.5, 0.6) is 0 Å². The molecular weight excluding hydrogens is 250 g/mol. The molecule has 1 aromatic carbocycles. The molecule has 2 aromatic rings. The predicted molar refractivity (Wildman–Crippen MR) is 80.6 cm³/mol. The van der Waals surface area contributed by atoms with E-state index in [1.54, 1.807) is 20.2 Å². The van der Waals surface area contributed by atoms with Crippen molar-refractivity contribution >= 4 is 5.82 Å². The lowest BCUT2D eigenvalue weighted by Gasteiger charge is -2.30. The quantitative estimate of drug-likeness (QED) is 0.908. The van der Waals surface area contributed by atoms with Crippen LogP contribution in [0.2, 0.25) is 0 Å². The summed E-state index contributed by atoms with van der Waals surface area (Å²) in [6.07, 6.45) is 1.56. The fraction of sp³-hybridized carbons (Fsp3) is 0.375. The Morgan fingerprint density at radius 3 is 2.45 bits per heavy atom. The highest BCUT2D eigenvalue weighted by Gasteiger charge is 2.20. The maximum absolute atomic E-state index is 10.1. The summed E-state index contributed by atoms with van der Waals surface area (Å²) in [5.74, 6) is 0.837. The number of aliphatic hydroxyl groups is 1. The van der Waals surface area contributed by atoms with Crippen molar-refractivity contribution in [1.82, 2.24) is 9.97 Å². The second-order valence-corrected chi connectivity index (χ2v) is 5.67. The minimum Gasteiger partial charge on any atom is -0.389 e. The second-order valence-electron chi connectivity index (χ2n) is 5.67. The Balaban J connectivity index is 2.25. The zero-order chi connectivity index (χ0) is 14.6. The summed E-state index contributed by atoms with van der Waals surface area (Å²) < 4.78 is 0. The normalized spacial score (nSPS) is 11.4. The molecule has 1 heterocycles. The Bertz CT molecular complexity index is 549. The van der Waals surface area contributed by atoms with Gasteiger partial charge in [-0.25, -0.2) is 9.97 Å². The van der Waals surface area contributed by atoms with Gasteiger partial charge in [-0.2, -0.15) is 0 Å². The summed E-state index contributed by atoms with van der Waals surface area (Å²) in [6, 6.07) is 12.1. The molecule has 0 saturated heterocycles. The predicted octanol–water partition coefficient (Wildman–Crippen LogP) is 2.56. The number of aryl methyl sites for hydroxylation is 1. The third kappa shape index (κ3) is 4.31. The van der Waals surface area contributed by atoms with Crippen LogP contribution in [-0.4, -0.2) is 27.2 Å². The Kier molecular flexibility index (Phi) is 4.35. The van der Waals surface area contributed by atoms with Crippen molar-refractivity contribution in [2.75, 3.05) is 11.4 Å². The maximum Gasteiger partial charge on any atom is 0.132 e. The molecule has 0 bridgehead atoms. The molecule has 0 aliphatic carbocycles. The van der Waals surface area contributed by atoms with E-state index in [1.807, 2.05) is 31.2 Å². The van der Waals surface area contributed by atoms with Gasteiger partial charge in [0, 0.05) is 24.8 Å². The summed E-state index contributed by atoms with van der Waals surface area (Å²) in [4.78, 5) is 10.5. The highest BCUT2D eigenvalue weighted by molar-refractivity contribution is 5.40. The first-order valence-electron chi connectivity index (χ1n) is 6.74. The van der Waals surface area contributed by atoms with Crippen LogP contribution in [0.3, 0.4) is 0 Å². The molecule has 0 saturated carbocycles. The Labute approximate surface area is 120 Å². The number of benzene rings is 1. The summed E-state index contributed by atoms with van der Waals surface area (Å²) in [7, 11) is 0. The van der Waals surface area contributed by atoms with Crippen LogP contribution < -0.4 is 4.90 Å². The van der Waals surface area contributed by atoms with Crippen molar-refractivity contribution in [3.63, 3.8) is 0 Å². The van der Waals surface area contributed by atoms with E-state index in [9.17, 15) is 5.11 Å². The van der Waals surface area contributed by atoms with Gasteiger partial charge in [0.25, 0.3) is 0 Å². The molecule has 0 aliphatic rings. The van der Waals surface area contributed by atoms with Crippen molar-refractivity contribution in [2.24, 2.45) is 0 Å². The number of hydrogen-bond acceptors (Lipinski definition) is 4. The number of rotatable bonds is 5. The van der Waals surface area contributed by atoms with Gasteiger partial charge in [-0.05, 0) is 26.3 Å². The average molecular weight is 271 g/mol. The summed E-state index contributed by atoms with van der Waals surface area (Å²) in [6.45, 7) is 6.77. The minimum absolute atomic E-state index is 0.512. The van der Waals surface area contributed by atoms with Crippen LogP contribution in [0, 0.1) is 6.92 Å². The van der Waals surface area contributed by atoms with Gasteiger partial charge in [0.2, 0.25) is 0 Å². The minimum atomic E-state index is -0.784. The second kappa shape index (κ2) is 6.01. The number of hydrogen-bond donors (Lipinski definition) is 1. The lowest BCUT2D eigenvalue weighted by Crippen LogP contribution is -2.38. The number of nitrogens with zero attached hydrogens (tertiary/aromatic N) is 3. The Hall–Kier alpha value is -1.94. The Morgan fingerprint density at radius 1 is 1.15 bits per heavy atom. The first-order valence-corrected chi connectivity index (χ1v) is 6.74. The zero-order valence-electron chi connectivity index (χ0n) is 12.2. The molecule has 0 radical (unpaired) electrons. The lowest BCUT2D eigenvalue weighted by molar-refractivity contribution is 0.0868. The molecule has 4 heteroatoms. The topological polar surface area (TPSA) is 49.2 Å². The van der Waals surface area contributed by atoms with E-state index in [0.29, 0.717) is 13.1 Å². The SMILES string of the molecule is Cc1cc(N(Cc2ccccc2)CC(C)(C)O)ncn1. The first kappa shape index (κ1) is 14.5. The number of anilines is 1. The monoisotopic (exact) mass is 271 g/mol. The lowest BCUT2D eigenvalue weighted by atomic mass is 10.1. The summed E-state index contributed by atoms with van der Waals surface area (Å²) in [5, 5.41) is 10.1. The molecule has 106 valence electrons. The molecule has 2 rings (SSSR count). The molecule has 0 amide bonds. The van der Waals surface area contributed by atoms with Gasteiger partial charge in [-0.1, -0.05) is 30.3 Å². The van der Waals surface area contributed by atoms with Gasteiger partial charge in [0.1, 0.15) is 12.1 Å². The summed E-state index contributed by atoms with van der Waals surface area (Å²) >= 11 is 0. The molecule has 0 unspecified atom stereocenters. The van der Waals surface area contributed by atoms with Gasteiger partial charge in [-0.3, -0.25) is 0 Å². The molecule has 1 N–H and O–H groups in total. The standard InChI is InChI=1S/C16H21N3O/c1-13-9-15(18-12-17-13)19(11-16(2,3)20)10-14-7-5-4-6-8-14/h4-9,12,20H,10-11H2,1-3H3. The van der Waals surface area contributed by atoms with E-state index < -0.39 is 5.60 Å². The van der Waals surface area contributed by atoms with Gasteiger partial charge >= 0.3 is 0 Å². The van der Waals surface area contributed by atoms with Crippen molar-refractivity contribution < 1.29 is 5.11 Å². The zero-order valence-corrected chi connectivity index (χ0v) is 12.2. The molecule has 0 fully saturated rings. The average Bonchev–Trinajstić information content (AvgIpc) is 2.38. The van der Waals surface area contributed by atoms with Crippen molar-refractivity contribution in [3.8, 4) is 0 Å². The van der Waals surface area contributed by atoms with E-state index in [2.05, 4.69) is 27.0 Å².